The van der Waals surface area contributed by atoms with Crippen LogP contribution in [-0.4, -0.2) is 0 Å². The van der Waals surface area contributed by atoms with E-state index in [1.54, 1.807) is 0 Å². The molecule has 0 aliphatic rings. The molecule has 0 N–H and O–H groups in total. The Hall–Kier alpha value is -1.56. The smallest absolute Gasteiger partial charge is 0 e. The molecule has 0 amide bonds. The van der Waals surface area contributed by atoms with Gasteiger partial charge in [-0.1, -0.05) is 0 Å². The SMILES string of the molecule is C=C.C=C[c-]1[cH-][cH-][cH-][cH-]1.C=C[c-]1cccc1.[Fe]. The summed E-state index contributed by atoms with van der Waals surface area (Å²) < 4.78 is 0. The van der Waals surface area contributed by atoms with Crippen LogP contribution in [-0.2, 0) is 17.1 Å². The van der Waals surface area contributed by atoms with Crippen molar-refractivity contribution in [3.63, 3.8) is 0 Å². The fraction of sp³-hybridized carbons (Fsp3) is 0. The summed E-state index contributed by atoms with van der Waals surface area (Å²) in [5.41, 5.74) is 2.39. The second-order valence-corrected chi connectivity index (χ2v) is 2.84. The molecule has 0 bridgehead atoms. The van der Waals surface area contributed by atoms with Crippen molar-refractivity contribution < 1.29 is 17.1 Å². The third-order valence-corrected chi connectivity index (χ3v) is 1.85. The second-order valence-electron chi connectivity index (χ2n) is 2.84. The molecule has 0 fully saturated rings. The summed E-state index contributed by atoms with van der Waals surface area (Å²) in [5.74, 6) is 0. The Morgan fingerprint density at radius 3 is 1.59 bits per heavy atom. The number of hydrogen-bond donors (Lipinski definition) is 0. The molecule has 1 heteroatoms. The van der Waals surface area contributed by atoms with E-state index in [1.807, 2.05) is 60.7 Å². The molecule has 96 valence electrons. The van der Waals surface area contributed by atoms with Crippen molar-refractivity contribution in [3.8, 4) is 0 Å². The molecule has 0 unspecified atom stereocenters. The summed E-state index contributed by atoms with van der Waals surface area (Å²) in [6.45, 7) is 13.2. The Morgan fingerprint density at radius 1 is 0.882 bits per heavy atom. The minimum Gasteiger partial charge on any atom is -0.687 e. The zero-order valence-electron chi connectivity index (χ0n) is 9.96. The molecular formula is C16H18Fe-6. The average Bonchev–Trinajstić information content (AvgIpc) is 3.05. The first-order valence-corrected chi connectivity index (χ1v) is 5.05. The Kier molecular flexibility index (Phi) is 13.1. The van der Waals surface area contributed by atoms with Crippen molar-refractivity contribution in [3.05, 3.63) is 86.0 Å². The van der Waals surface area contributed by atoms with Gasteiger partial charge in [0.15, 0.2) is 0 Å². The van der Waals surface area contributed by atoms with Crippen LogP contribution >= 0.6 is 0 Å². The third-order valence-electron chi connectivity index (χ3n) is 1.85. The molecule has 2 rings (SSSR count). The summed E-state index contributed by atoms with van der Waals surface area (Å²) in [4.78, 5) is 0. The Morgan fingerprint density at radius 2 is 1.35 bits per heavy atom. The van der Waals surface area contributed by atoms with Crippen LogP contribution in [0.5, 0.6) is 0 Å². The standard InChI is InChI=1S/2C7H7.C2H4.Fe/c2*1-2-7-5-3-4-6-7;1-2;/h2*2-6H,1H2;1-2H2;/q-5;-1;;. The molecule has 0 radical (unpaired) electrons. The van der Waals surface area contributed by atoms with Gasteiger partial charge in [-0.2, -0.15) is 18.7 Å². The van der Waals surface area contributed by atoms with Crippen molar-refractivity contribution in [2.75, 3.05) is 0 Å². The predicted octanol–water partition coefficient (Wildman–Crippen LogP) is 4.90. The Bertz CT molecular complexity index is 327. The van der Waals surface area contributed by atoms with Gasteiger partial charge >= 0.3 is 0 Å². The summed E-state index contributed by atoms with van der Waals surface area (Å²) in [6.07, 6.45) is 3.67. The maximum absolute atomic E-state index is 3.60. The van der Waals surface area contributed by atoms with Gasteiger partial charge in [-0.05, 0) is 0 Å². The van der Waals surface area contributed by atoms with E-state index in [0.717, 1.165) is 0 Å². The summed E-state index contributed by atoms with van der Waals surface area (Å²) in [5, 5.41) is 0. The Balaban J connectivity index is 0. The largest absolute Gasteiger partial charge is 0.687 e. The van der Waals surface area contributed by atoms with Crippen LogP contribution in [0.4, 0.5) is 0 Å². The van der Waals surface area contributed by atoms with Crippen LogP contribution in [0.15, 0.2) is 74.8 Å². The summed E-state index contributed by atoms with van der Waals surface area (Å²) >= 11 is 0. The van der Waals surface area contributed by atoms with Gasteiger partial charge in [0.1, 0.15) is 0 Å². The van der Waals surface area contributed by atoms with Gasteiger partial charge in [0.05, 0.1) is 0 Å². The second kappa shape index (κ2) is 12.5. The van der Waals surface area contributed by atoms with Crippen LogP contribution < -0.4 is 0 Å². The molecule has 0 spiro atoms. The van der Waals surface area contributed by atoms with E-state index in [4.69, 9.17) is 0 Å². The van der Waals surface area contributed by atoms with Crippen molar-refractivity contribution in [1.82, 2.24) is 0 Å². The van der Waals surface area contributed by atoms with E-state index in [-0.39, 0.29) is 17.1 Å². The molecule has 17 heavy (non-hydrogen) atoms. The first-order chi connectivity index (χ1) is 7.86. The molecule has 2 aromatic rings. The van der Waals surface area contributed by atoms with E-state index in [0.29, 0.717) is 0 Å². The minimum absolute atomic E-state index is 0. The van der Waals surface area contributed by atoms with Crippen molar-refractivity contribution >= 4 is 12.2 Å². The van der Waals surface area contributed by atoms with Gasteiger partial charge in [0, 0.05) is 17.1 Å². The van der Waals surface area contributed by atoms with E-state index >= 15 is 0 Å². The molecule has 0 saturated carbocycles. The molecule has 0 atom stereocenters. The van der Waals surface area contributed by atoms with Crippen LogP contribution in [0.2, 0.25) is 0 Å². The molecule has 0 saturated heterocycles. The number of rotatable bonds is 2. The maximum atomic E-state index is 3.60. The molecule has 0 aliphatic carbocycles. The van der Waals surface area contributed by atoms with Crippen molar-refractivity contribution in [1.29, 1.82) is 0 Å². The summed E-state index contributed by atoms with van der Waals surface area (Å²) in [7, 11) is 0. The minimum atomic E-state index is 0. The monoisotopic (exact) mass is 266 g/mol. The van der Waals surface area contributed by atoms with E-state index in [2.05, 4.69) is 26.3 Å². The van der Waals surface area contributed by atoms with Crippen molar-refractivity contribution in [2.24, 2.45) is 0 Å². The van der Waals surface area contributed by atoms with Gasteiger partial charge in [0.25, 0.3) is 0 Å². The zero-order chi connectivity index (χ0) is 12.2. The van der Waals surface area contributed by atoms with Gasteiger partial charge < -0.3 is 42.5 Å². The van der Waals surface area contributed by atoms with Crippen molar-refractivity contribution in [2.45, 2.75) is 0 Å². The number of hydrogen-bond acceptors (Lipinski definition) is 0. The van der Waals surface area contributed by atoms with Gasteiger partial charge in [-0.15, -0.1) is 36.9 Å². The van der Waals surface area contributed by atoms with Gasteiger partial charge in [-0.25, -0.2) is 0 Å². The van der Waals surface area contributed by atoms with Gasteiger partial charge in [-0.3, -0.25) is 0 Å². The average molecular weight is 266 g/mol. The quantitative estimate of drug-likeness (QED) is 0.412. The normalized spacial score (nSPS) is 7.29. The van der Waals surface area contributed by atoms with Crippen LogP contribution in [0.3, 0.4) is 0 Å². The molecule has 0 heterocycles. The fourth-order valence-corrected chi connectivity index (χ4v) is 1.05. The molecule has 0 aliphatic heterocycles. The van der Waals surface area contributed by atoms with Crippen LogP contribution in [0.25, 0.3) is 12.2 Å². The Labute approximate surface area is 115 Å². The van der Waals surface area contributed by atoms with E-state index in [9.17, 15) is 0 Å². The molecule has 2 aromatic carbocycles. The first kappa shape index (κ1) is 17.8. The molecular weight excluding hydrogens is 248 g/mol. The molecule has 0 nitrogen and oxygen atoms in total. The third kappa shape index (κ3) is 8.27. The first-order valence-electron chi connectivity index (χ1n) is 5.05. The topological polar surface area (TPSA) is 0 Å². The maximum Gasteiger partial charge on any atom is 0 e. The van der Waals surface area contributed by atoms with Crippen LogP contribution in [0, 0.1) is 0 Å². The van der Waals surface area contributed by atoms with Crippen LogP contribution in [0.1, 0.15) is 11.1 Å². The predicted molar refractivity (Wildman–Crippen MR) is 75.5 cm³/mol. The fourth-order valence-electron chi connectivity index (χ4n) is 1.05. The summed E-state index contributed by atoms with van der Waals surface area (Å²) in [6, 6.07) is 16.1. The zero-order valence-corrected chi connectivity index (χ0v) is 11.1. The van der Waals surface area contributed by atoms with E-state index < -0.39 is 0 Å². The molecule has 0 aromatic heterocycles. The van der Waals surface area contributed by atoms with Gasteiger partial charge in [0.2, 0.25) is 0 Å². The van der Waals surface area contributed by atoms with E-state index in [1.165, 1.54) is 11.1 Å².